The van der Waals surface area contributed by atoms with Gasteiger partial charge < -0.3 is 19.8 Å². The van der Waals surface area contributed by atoms with Gasteiger partial charge in [-0.15, -0.1) is 0 Å². The van der Waals surface area contributed by atoms with Gasteiger partial charge >= 0.3 is 0 Å². The van der Waals surface area contributed by atoms with Gasteiger partial charge in [-0.05, 0) is 12.1 Å². The summed E-state index contributed by atoms with van der Waals surface area (Å²) in [5.74, 6) is 0.0376. The summed E-state index contributed by atoms with van der Waals surface area (Å²) in [6, 6.07) is 3.08. The molecule has 0 saturated heterocycles. The number of nitrogens with two attached hydrogens (primary N) is 2. The van der Waals surface area contributed by atoms with Gasteiger partial charge in [0.1, 0.15) is 12.1 Å². The van der Waals surface area contributed by atoms with Crippen LogP contribution in [0.25, 0.3) is 10.9 Å². The van der Waals surface area contributed by atoms with Crippen molar-refractivity contribution in [3.63, 3.8) is 0 Å². The number of fused-ring (bicyclic) bond motifs is 1. The molecule has 0 aliphatic carbocycles. The minimum absolute atomic E-state index is 0.0205. The Morgan fingerprint density at radius 3 is 2.67 bits per heavy atom. The minimum Gasteiger partial charge on any atom is -0.598 e. The number of nitrogens with one attached hydrogen (secondary N) is 1. The Bertz CT molecular complexity index is 1130. The molecule has 0 radical (unpaired) electrons. The summed E-state index contributed by atoms with van der Waals surface area (Å²) in [6.07, 6.45) is 2.51. The summed E-state index contributed by atoms with van der Waals surface area (Å²) >= 11 is -1.51. The molecule has 12 nitrogen and oxygen atoms in total. The van der Waals surface area contributed by atoms with Gasteiger partial charge in [-0.25, -0.2) is 15.0 Å². The lowest BCUT2D eigenvalue weighted by Crippen LogP contribution is -2.25. The highest BCUT2D eigenvalue weighted by molar-refractivity contribution is 7.89. The molecule has 0 saturated carbocycles. The molecule has 30 heavy (non-hydrogen) atoms. The van der Waals surface area contributed by atoms with Gasteiger partial charge in [0.25, 0.3) is 11.5 Å². The highest BCUT2D eigenvalue weighted by Crippen LogP contribution is 2.33. The zero-order valence-corrected chi connectivity index (χ0v) is 16.9. The SMILES string of the molecule is COc1c(OCC[S+](N)[O-])ccc2c(=O)n(C)c(NC(=O)c3cnc(N)nc3)nc12. The Hall–Kier alpha value is -3.42. The van der Waals surface area contributed by atoms with Crippen LogP contribution in [0, 0.1) is 0 Å². The van der Waals surface area contributed by atoms with Crippen molar-refractivity contribution in [2.24, 2.45) is 12.2 Å². The molecule has 0 spiro atoms. The van der Waals surface area contributed by atoms with Gasteiger partial charge in [-0.1, -0.05) is 0 Å². The van der Waals surface area contributed by atoms with Crippen LogP contribution in [0.5, 0.6) is 11.5 Å². The molecular formula is C17H19N7O5S. The lowest BCUT2D eigenvalue weighted by molar-refractivity contribution is 0.102. The largest absolute Gasteiger partial charge is 0.598 e. The van der Waals surface area contributed by atoms with E-state index in [1.54, 1.807) is 6.07 Å². The molecule has 1 aromatic carbocycles. The van der Waals surface area contributed by atoms with Crippen molar-refractivity contribution in [1.82, 2.24) is 19.5 Å². The number of hydrogen-bond donors (Lipinski definition) is 3. The van der Waals surface area contributed by atoms with Gasteiger partial charge in [0.15, 0.2) is 17.3 Å². The lowest BCUT2D eigenvalue weighted by atomic mass is 10.2. The Balaban J connectivity index is 2.00. The number of benzene rings is 1. The number of anilines is 2. The number of nitrogen functional groups attached to an aromatic ring is 1. The molecule has 2 heterocycles. The molecule has 0 aliphatic rings. The third-order valence-electron chi connectivity index (χ3n) is 4.07. The van der Waals surface area contributed by atoms with E-state index in [9.17, 15) is 14.1 Å². The Morgan fingerprint density at radius 1 is 1.33 bits per heavy atom. The lowest BCUT2D eigenvalue weighted by Gasteiger charge is -2.15. The van der Waals surface area contributed by atoms with Crippen LogP contribution in [-0.2, 0) is 18.4 Å². The van der Waals surface area contributed by atoms with Gasteiger partial charge in [-0.3, -0.25) is 19.5 Å². The monoisotopic (exact) mass is 433 g/mol. The summed E-state index contributed by atoms with van der Waals surface area (Å²) in [5, 5.41) is 8.03. The van der Waals surface area contributed by atoms with Crippen LogP contribution in [0.15, 0.2) is 29.3 Å². The van der Waals surface area contributed by atoms with E-state index in [0.29, 0.717) is 5.75 Å². The fourth-order valence-electron chi connectivity index (χ4n) is 2.58. The molecule has 3 rings (SSSR count). The zero-order valence-electron chi connectivity index (χ0n) is 16.1. The summed E-state index contributed by atoms with van der Waals surface area (Å²) in [5.41, 5.74) is 5.34. The number of ether oxygens (including phenoxy) is 2. The van der Waals surface area contributed by atoms with E-state index < -0.39 is 22.8 Å². The van der Waals surface area contributed by atoms with Crippen molar-refractivity contribution in [3.8, 4) is 11.5 Å². The molecule has 0 bridgehead atoms. The molecule has 0 fully saturated rings. The second kappa shape index (κ2) is 8.94. The van der Waals surface area contributed by atoms with Crippen LogP contribution < -0.4 is 31.2 Å². The van der Waals surface area contributed by atoms with Crippen molar-refractivity contribution in [2.75, 3.05) is 30.5 Å². The molecule has 13 heteroatoms. The number of hydrogen-bond acceptors (Lipinski definition) is 10. The van der Waals surface area contributed by atoms with E-state index in [2.05, 4.69) is 20.3 Å². The normalized spacial score (nSPS) is 11.9. The quantitative estimate of drug-likeness (QED) is 0.413. The molecular weight excluding hydrogens is 414 g/mol. The maximum Gasteiger partial charge on any atom is 0.262 e. The molecule has 1 amide bonds. The predicted octanol–water partition coefficient (Wildman–Crippen LogP) is -0.432. The highest BCUT2D eigenvalue weighted by Gasteiger charge is 2.18. The topological polar surface area (TPSA) is 183 Å². The van der Waals surface area contributed by atoms with Crippen molar-refractivity contribution in [2.45, 2.75) is 0 Å². The zero-order chi connectivity index (χ0) is 21.8. The molecule has 3 aromatic rings. The van der Waals surface area contributed by atoms with E-state index in [1.165, 1.54) is 37.2 Å². The number of carbonyl (C=O) groups is 1. The van der Waals surface area contributed by atoms with Crippen molar-refractivity contribution in [3.05, 3.63) is 40.4 Å². The maximum atomic E-state index is 12.8. The number of amides is 1. The molecule has 158 valence electrons. The van der Waals surface area contributed by atoms with Crippen LogP contribution in [0.1, 0.15) is 10.4 Å². The van der Waals surface area contributed by atoms with Crippen molar-refractivity contribution in [1.29, 1.82) is 0 Å². The van der Waals surface area contributed by atoms with Crippen LogP contribution in [0.2, 0.25) is 0 Å². The number of aromatic nitrogens is 4. The van der Waals surface area contributed by atoms with Crippen LogP contribution in [0.3, 0.4) is 0 Å². The second-order valence-corrected chi connectivity index (χ2v) is 7.18. The van der Waals surface area contributed by atoms with Gasteiger partial charge in [0.2, 0.25) is 11.9 Å². The number of carbonyl (C=O) groups excluding carboxylic acids is 1. The van der Waals surface area contributed by atoms with Crippen molar-refractivity contribution < 1.29 is 18.8 Å². The van der Waals surface area contributed by atoms with Gasteiger partial charge in [0.05, 0.1) is 18.1 Å². The van der Waals surface area contributed by atoms with Crippen molar-refractivity contribution >= 4 is 40.1 Å². The first-order chi connectivity index (χ1) is 14.3. The average molecular weight is 433 g/mol. The smallest absolute Gasteiger partial charge is 0.262 e. The van der Waals surface area contributed by atoms with Crippen LogP contribution >= 0.6 is 0 Å². The summed E-state index contributed by atoms with van der Waals surface area (Å²) in [4.78, 5) is 37.1. The second-order valence-electron chi connectivity index (χ2n) is 6.01. The first-order valence-corrected chi connectivity index (χ1v) is 9.92. The molecule has 1 unspecified atom stereocenters. The highest BCUT2D eigenvalue weighted by atomic mass is 32.2. The van der Waals surface area contributed by atoms with E-state index >= 15 is 0 Å². The standard InChI is InChI=1S/C17H19N7O5S/c1-24-15(26)10-3-4-11(29-5-6-30(19)27)13(28-2)12(10)22-17(24)23-14(25)9-7-20-16(18)21-8-9/h3-4,7-8H,5-6,19H2,1-2H3,(H2,18,20,21)(H,22,23,25). The van der Waals surface area contributed by atoms with Crippen LogP contribution in [0.4, 0.5) is 11.9 Å². The summed E-state index contributed by atoms with van der Waals surface area (Å²) < 4.78 is 23.2. The van der Waals surface area contributed by atoms with Crippen LogP contribution in [-0.4, -0.2) is 49.4 Å². The first-order valence-electron chi connectivity index (χ1n) is 8.54. The van der Waals surface area contributed by atoms with E-state index in [-0.39, 0.29) is 46.5 Å². The fraction of sp³-hybridized carbons (Fsp3) is 0.235. The fourth-order valence-corrected chi connectivity index (χ4v) is 2.83. The third kappa shape index (κ3) is 4.42. The molecule has 2 aromatic heterocycles. The number of nitrogens with zero attached hydrogens (tertiary/aromatic N) is 4. The van der Waals surface area contributed by atoms with E-state index in [1.807, 2.05) is 0 Å². The van der Waals surface area contributed by atoms with E-state index in [0.717, 1.165) is 0 Å². The van der Waals surface area contributed by atoms with Gasteiger partial charge in [0, 0.05) is 30.8 Å². The number of rotatable bonds is 7. The maximum absolute atomic E-state index is 12.8. The first kappa shape index (κ1) is 21.3. The Morgan fingerprint density at radius 2 is 2.03 bits per heavy atom. The Kier molecular flexibility index (Phi) is 6.34. The number of methoxy groups -OCH3 is 1. The minimum atomic E-state index is -1.51. The predicted molar refractivity (Wildman–Crippen MR) is 111 cm³/mol. The van der Waals surface area contributed by atoms with E-state index in [4.69, 9.17) is 20.3 Å². The molecule has 5 N–H and O–H groups in total. The summed E-state index contributed by atoms with van der Waals surface area (Å²) in [7, 11) is 2.86. The average Bonchev–Trinajstić information content (AvgIpc) is 2.71. The Labute approximate surface area is 173 Å². The third-order valence-corrected chi connectivity index (χ3v) is 4.64. The molecule has 0 aliphatic heterocycles. The van der Waals surface area contributed by atoms with Gasteiger partial charge in [-0.2, -0.15) is 5.14 Å². The molecule has 1 atom stereocenters. The summed E-state index contributed by atoms with van der Waals surface area (Å²) in [6.45, 7) is 0.0799.